The summed E-state index contributed by atoms with van der Waals surface area (Å²) in [5.74, 6) is -1.37. The van der Waals surface area contributed by atoms with Crippen molar-refractivity contribution in [2.24, 2.45) is 0 Å². The first kappa shape index (κ1) is 20.0. The third-order valence-electron chi connectivity index (χ3n) is 5.16. The van der Waals surface area contributed by atoms with Crippen LogP contribution >= 0.6 is 11.3 Å². The molecule has 0 radical (unpaired) electrons. The van der Waals surface area contributed by atoms with Gasteiger partial charge in [0.25, 0.3) is 5.91 Å². The lowest BCUT2D eigenvalue weighted by atomic mass is 9.95. The van der Waals surface area contributed by atoms with Crippen LogP contribution in [0, 0.1) is 13.8 Å². The van der Waals surface area contributed by atoms with Gasteiger partial charge in [0.05, 0.1) is 27.2 Å². The largest absolute Gasteiger partial charge is 0.503 e. The molecule has 0 spiro atoms. The number of carbonyl (C=O) groups is 2. The molecule has 7 heteroatoms. The van der Waals surface area contributed by atoms with E-state index in [0.717, 1.165) is 16.1 Å². The van der Waals surface area contributed by atoms with Crippen LogP contribution in [-0.4, -0.2) is 38.2 Å². The normalized spacial score (nSPS) is 16.4. The van der Waals surface area contributed by atoms with Gasteiger partial charge in [-0.25, -0.2) is 4.98 Å². The maximum absolute atomic E-state index is 13.4. The molecule has 0 saturated heterocycles. The molecule has 0 aliphatic carbocycles. The third kappa shape index (κ3) is 3.64. The highest BCUT2D eigenvalue weighted by Gasteiger charge is 2.44. The molecule has 0 bridgehead atoms. The summed E-state index contributed by atoms with van der Waals surface area (Å²) in [4.78, 5) is 36.8. The first-order chi connectivity index (χ1) is 14.5. The molecule has 1 aliphatic rings. The van der Waals surface area contributed by atoms with Crippen molar-refractivity contribution in [2.45, 2.75) is 26.3 Å². The molecule has 1 unspecified atom stereocenters. The lowest BCUT2D eigenvalue weighted by Gasteiger charge is -2.26. The van der Waals surface area contributed by atoms with Gasteiger partial charge in [-0.15, -0.1) is 11.3 Å². The Balaban J connectivity index is 1.73. The summed E-state index contributed by atoms with van der Waals surface area (Å²) in [6, 6.07) is 12.7. The van der Waals surface area contributed by atoms with Gasteiger partial charge < -0.3 is 10.0 Å². The summed E-state index contributed by atoms with van der Waals surface area (Å²) in [7, 11) is 0. The number of hydrogen-bond acceptors (Lipinski definition) is 6. The number of amides is 1. The van der Waals surface area contributed by atoms with E-state index >= 15 is 0 Å². The molecule has 0 saturated carbocycles. The monoisotopic (exact) mass is 419 g/mol. The zero-order chi connectivity index (χ0) is 21.3. The average Bonchev–Trinajstić information content (AvgIpc) is 3.23. The minimum Gasteiger partial charge on any atom is -0.503 e. The number of benzene rings is 1. The Morgan fingerprint density at radius 3 is 2.47 bits per heavy atom. The number of thiazole rings is 1. The number of nitrogens with zero attached hydrogens (tertiary/aromatic N) is 3. The summed E-state index contributed by atoms with van der Waals surface area (Å²) >= 11 is 1.27. The molecular formula is C23H21N3O3S. The molecule has 1 N–H and O–H groups in total. The molecule has 4 rings (SSSR count). The Bertz CT molecular complexity index is 1120. The number of aliphatic hydroxyl groups excluding tert-OH is 1. The lowest BCUT2D eigenvalue weighted by Crippen LogP contribution is -2.33. The molecule has 1 atom stereocenters. The number of hydrogen-bond donors (Lipinski definition) is 1. The van der Waals surface area contributed by atoms with Gasteiger partial charge in [0.15, 0.2) is 5.76 Å². The molecule has 3 heterocycles. The highest BCUT2D eigenvalue weighted by atomic mass is 32.1. The fourth-order valence-electron chi connectivity index (χ4n) is 3.77. The smallest absolute Gasteiger partial charge is 0.290 e. The van der Waals surface area contributed by atoms with Crippen LogP contribution in [0.4, 0.5) is 0 Å². The van der Waals surface area contributed by atoms with Gasteiger partial charge in [0.1, 0.15) is 0 Å². The van der Waals surface area contributed by atoms with Crippen molar-refractivity contribution in [2.75, 3.05) is 6.54 Å². The average molecular weight is 420 g/mol. The second-order valence-electron chi connectivity index (χ2n) is 7.16. The molecule has 1 aromatic carbocycles. The van der Waals surface area contributed by atoms with Crippen molar-refractivity contribution < 1.29 is 14.7 Å². The maximum atomic E-state index is 13.4. The van der Waals surface area contributed by atoms with Gasteiger partial charge >= 0.3 is 0 Å². The minimum absolute atomic E-state index is 0.103. The van der Waals surface area contributed by atoms with Crippen LogP contribution < -0.4 is 0 Å². The number of aliphatic hydroxyl groups is 1. The van der Waals surface area contributed by atoms with E-state index in [2.05, 4.69) is 9.97 Å². The zero-order valence-corrected chi connectivity index (χ0v) is 17.5. The molecular weight excluding hydrogens is 398 g/mol. The first-order valence-electron chi connectivity index (χ1n) is 9.64. The van der Waals surface area contributed by atoms with Crippen molar-refractivity contribution in [1.29, 1.82) is 0 Å². The molecule has 1 amide bonds. The highest BCUT2D eigenvalue weighted by Crippen LogP contribution is 2.39. The Hall–Kier alpha value is -3.32. The van der Waals surface area contributed by atoms with E-state index in [4.69, 9.17) is 0 Å². The van der Waals surface area contributed by atoms with Crippen molar-refractivity contribution in [3.63, 3.8) is 0 Å². The van der Waals surface area contributed by atoms with Gasteiger partial charge in [-0.05, 0) is 43.5 Å². The third-order valence-corrected chi connectivity index (χ3v) is 6.24. The van der Waals surface area contributed by atoms with E-state index in [-0.39, 0.29) is 11.4 Å². The minimum atomic E-state index is -0.668. The molecule has 6 nitrogen and oxygen atoms in total. The zero-order valence-electron chi connectivity index (χ0n) is 16.7. The number of pyridine rings is 1. The van der Waals surface area contributed by atoms with Crippen LogP contribution in [0.15, 0.2) is 66.2 Å². The fourth-order valence-corrected chi connectivity index (χ4v) is 4.64. The van der Waals surface area contributed by atoms with Crippen LogP contribution in [0.3, 0.4) is 0 Å². The van der Waals surface area contributed by atoms with Crippen LogP contribution in [0.25, 0.3) is 0 Å². The summed E-state index contributed by atoms with van der Waals surface area (Å²) in [6.07, 6.45) is 3.85. The van der Waals surface area contributed by atoms with Gasteiger partial charge in [-0.2, -0.15) is 0 Å². The van der Waals surface area contributed by atoms with E-state index in [1.54, 1.807) is 36.4 Å². The van der Waals surface area contributed by atoms with E-state index in [9.17, 15) is 14.7 Å². The van der Waals surface area contributed by atoms with Gasteiger partial charge in [0.2, 0.25) is 5.78 Å². The van der Waals surface area contributed by atoms with Crippen LogP contribution in [0.5, 0.6) is 0 Å². The van der Waals surface area contributed by atoms with Crippen LogP contribution in [-0.2, 0) is 11.2 Å². The Morgan fingerprint density at radius 1 is 1.13 bits per heavy atom. The van der Waals surface area contributed by atoms with E-state index in [0.29, 0.717) is 23.5 Å². The van der Waals surface area contributed by atoms with Crippen molar-refractivity contribution >= 4 is 23.0 Å². The van der Waals surface area contributed by atoms with E-state index < -0.39 is 17.7 Å². The SMILES string of the molecule is Cc1nc(C)c(C(=O)C2=C(O)C(=O)N(CCc3ccccc3)C2c2ccncc2)s1. The second kappa shape index (κ2) is 8.20. The van der Waals surface area contributed by atoms with Crippen LogP contribution in [0.1, 0.15) is 37.5 Å². The Morgan fingerprint density at radius 2 is 1.83 bits per heavy atom. The lowest BCUT2D eigenvalue weighted by molar-refractivity contribution is -0.129. The number of Topliss-reactive ketones (excluding diaryl/α,β-unsaturated/α-hetero) is 1. The summed E-state index contributed by atoms with van der Waals surface area (Å²) in [6.45, 7) is 3.96. The standard InChI is InChI=1S/C23H21N3O3S/c1-14-22(30-15(2)25-14)20(27)18-19(17-8-11-24-12-9-17)26(23(29)21(18)28)13-10-16-6-4-3-5-7-16/h3-9,11-12,19,28H,10,13H2,1-2H3. The second-order valence-corrected chi connectivity index (χ2v) is 8.36. The van der Waals surface area contributed by atoms with Gasteiger partial charge in [-0.1, -0.05) is 30.3 Å². The number of aromatic nitrogens is 2. The highest BCUT2D eigenvalue weighted by molar-refractivity contribution is 7.14. The molecule has 0 fully saturated rings. The maximum Gasteiger partial charge on any atom is 0.290 e. The summed E-state index contributed by atoms with van der Waals surface area (Å²) in [5, 5.41) is 11.5. The van der Waals surface area contributed by atoms with Crippen molar-refractivity contribution in [3.05, 3.63) is 92.9 Å². The summed E-state index contributed by atoms with van der Waals surface area (Å²) < 4.78 is 0. The van der Waals surface area contributed by atoms with E-state index in [1.807, 2.05) is 37.3 Å². The number of aryl methyl sites for hydroxylation is 2. The Kier molecular flexibility index (Phi) is 5.46. The van der Waals surface area contributed by atoms with Gasteiger partial charge in [0, 0.05) is 18.9 Å². The number of carbonyl (C=O) groups excluding carboxylic acids is 2. The molecule has 30 heavy (non-hydrogen) atoms. The number of rotatable bonds is 6. The predicted octanol–water partition coefficient (Wildman–Crippen LogP) is 3.98. The fraction of sp³-hybridized carbons (Fsp3) is 0.217. The molecule has 3 aromatic rings. The topological polar surface area (TPSA) is 83.4 Å². The summed E-state index contributed by atoms with van der Waals surface area (Å²) in [5.41, 5.74) is 2.52. The Labute approximate surface area is 178 Å². The molecule has 152 valence electrons. The first-order valence-corrected chi connectivity index (χ1v) is 10.5. The van der Waals surface area contributed by atoms with Crippen molar-refractivity contribution in [1.82, 2.24) is 14.9 Å². The van der Waals surface area contributed by atoms with Crippen molar-refractivity contribution in [3.8, 4) is 0 Å². The van der Waals surface area contributed by atoms with Crippen LogP contribution in [0.2, 0.25) is 0 Å². The van der Waals surface area contributed by atoms with E-state index in [1.165, 1.54) is 11.3 Å². The molecule has 1 aliphatic heterocycles. The number of ketones is 1. The predicted molar refractivity (Wildman–Crippen MR) is 114 cm³/mol. The van der Waals surface area contributed by atoms with Gasteiger partial charge in [-0.3, -0.25) is 14.6 Å². The molecule has 2 aromatic heterocycles. The quantitative estimate of drug-likeness (QED) is 0.611.